The van der Waals surface area contributed by atoms with Gasteiger partial charge in [-0.25, -0.2) is 0 Å². The van der Waals surface area contributed by atoms with Crippen molar-refractivity contribution < 1.29 is 9.90 Å². The van der Waals surface area contributed by atoms with Crippen LogP contribution in [0.1, 0.15) is 6.42 Å². The molecule has 0 saturated carbocycles. The third-order valence-electron chi connectivity index (χ3n) is 1.01. The van der Waals surface area contributed by atoms with Gasteiger partial charge in [0.25, 0.3) is 0 Å². The Balaban J connectivity index is 2.73. The van der Waals surface area contributed by atoms with Crippen molar-refractivity contribution in [3.05, 3.63) is 11.1 Å². The van der Waals surface area contributed by atoms with E-state index in [1.54, 1.807) is 0 Å². The maximum absolute atomic E-state index is 10.3. The number of hydrogen-bond donors (Lipinski definition) is 1. The molecule has 0 radical (unpaired) electrons. The van der Waals surface area contributed by atoms with Crippen LogP contribution in [-0.2, 0) is 4.79 Å². The Bertz CT molecular complexity index is 151. The average molecular weight is 133 g/mol. The minimum Gasteiger partial charge on any atom is -0.387 e. The van der Waals surface area contributed by atoms with Gasteiger partial charge < -0.3 is 5.11 Å². The van der Waals surface area contributed by atoms with E-state index in [0.717, 1.165) is 0 Å². The molecule has 44 valence electrons. The third-order valence-corrected chi connectivity index (χ3v) is 1.37. The smallest absolute Gasteiger partial charge is 0.159 e. The first kappa shape index (κ1) is 5.79. The maximum atomic E-state index is 10.3. The van der Waals surface area contributed by atoms with Crippen molar-refractivity contribution in [2.24, 2.45) is 0 Å². The molecule has 1 rings (SSSR count). The standard InChI is InChI=1S/C5H5ClO2/c6-4-1-3(7)2-5(4)8/h1,5,8H,2H2. The SMILES string of the molecule is O=C1C=C(Cl)C(O)C1. The second-order valence-electron chi connectivity index (χ2n) is 1.72. The van der Waals surface area contributed by atoms with Crippen LogP contribution in [0.25, 0.3) is 0 Å². The molecule has 1 N–H and O–H groups in total. The van der Waals surface area contributed by atoms with Gasteiger partial charge in [-0.15, -0.1) is 0 Å². The van der Waals surface area contributed by atoms with Crippen LogP contribution in [0.2, 0.25) is 0 Å². The highest BCUT2D eigenvalue weighted by Gasteiger charge is 2.19. The summed E-state index contributed by atoms with van der Waals surface area (Å²) in [6.45, 7) is 0. The molecule has 0 fully saturated rings. The average Bonchev–Trinajstić information content (AvgIpc) is 1.85. The highest BCUT2D eigenvalue weighted by Crippen LogP contribution is 2.18. The minimum absolute atomic E-state index is 0.0949. The Hall–Kier alpha value is -0.340. The van der Waals surface area contributed by atoms with Crippen molar-refractivity contribution in [2.45, 2.75) is 12.5 Å². The van der Waals surface area contributed by atoms with Crippen LogP contribution < -0.4 is 0 Å². The van der Waals surface area contributed by atoms with Gasteiger partial charge in [-0.3, -0.25) is 4.79 Å². The predicted molar refractivity (Wildman–Crippen MR) is 29.6 cm³/mol. The summed E-state index contributed by atoms with van der Waals surface area (Å²) in [5, 5.41) is 9.01. The lowest BCUT2D eigenvalue weighted by molar-refractivity contribution is -0.114. The van der Waals surface area contributed by atoms with E-state index >= 15 is 0 Å². The van der Waals surface area contributed by atoms with Gasteiger partial charge in [0.15, 0.2) is 5.78 Å². The Morgan fingerprint density at radius 1 is 1.88 bits per heavy atom. The van der Waals surface area contributed by atoms with Crippen molar-refractivity contribution in [3.63, 3.8) is 0 Å². The number of carbonyl (C=O) groups is 1. The van der Waals surface area contributed by atoms with E-state index < -0.39 is 6.10 Å². The van der Waals surface area contributed by atoms with Crippen LogP contribution in [0.4, 0.5) is 0 Å². The maximum Gasteiger partial charge on any atom is 0.159 e. The van der Waals surface area contributed by atoms with Crippen LogP contribution in [-0.4, -0.2) is 17.0 Å². The lowest BCUT2D eigenvalue weighted by Gasteiger charge is -1.94. The van der Waals surface area contributed by atoms with Gasteiger partial charge in [0.1, 0.15) is 0 Å². The largest absolute Gasteiger partial charge is 0.387 e. The van der Waals surface area contributed by atoms with Gasteiger partial charge in [-0.05, 0) is 6.08 Å². The molecule has 0 aliphatic heterocycles. The summed E-state index contributed by atoms with van der Waals surface area (Å²) in [5.74, 6) is -0.0949. The third kappa shape index (κ3) is 0.904. The Morgan fingerprint density at radius 2 is 2.50 bits per heavy atom. The van der Waals surface area contributed by atoms with E-state index in [9.17, 15) is 4.79 Å². The summed E-state index contributed by atoms with van der Waals surface area (Å²) in [6.07, 6.45) is 0.676. The topological polar surface area (TPSA) is 37.3 Å². The molecule has 8 heavy (non-hydrogen) atoms. The molecule has 0 aromatic carbocycles. The zero-order chi connectivity index (χ0) is 6.15. The molecule has 1 atom stereocenters. The second-order valence-corrected chi connectivity index (χ2v) is 2.15. The lowest BCUT2D eigenvalue weighted by Crippen LogP contribution is -2.02. The second kappa shape index (κ2) is 1.88. The number of aliphatic hydroxyl groups is 1. The zero-order valence-corrected chi connectivity index (χ0v) is 4.85. The number of ketones is 1. The summed E-state index contributed by atoms with van der Waals surface area (Å²) < 4.78 is 0. The fraction of sp³-hybridized carbons (Fsp3) is 0.400. The van der Waals surface area contributed by atoms with Gasteiger partial charge in [0.05, 0.1) is 11.1 Å². The molecule has 3 heteroatoms. The van der Waals surface area contributed by atoms with Crippen LogP contribution in [0.5, 0.6) is 0 Å². The molecule has 0 amide bonds. The molecular formula is C5H5ClO2. The van der Waals surface area contributed by atoms with Crippen LogP contribution in [0.3, 0.4) is 0 Å². The van der Waals surface area contributed by atoms with Crippen LogP contribution in [0, 0.1) is 0 Å². The summed E-state index contributed by atoms with van der Waals surface area (Å²) >= 11 is 5.35. The number of allylic oxidation sites excluding steroid dienone is 1. The Labute approximate surface area is 51.8 Å². The number of aliphatic hydroxyl groups excluding tert-OH is 1. The highest BCUT2D eigenvalue weighted by molar-refractivity contribution is 6.32. The summed E-state index contributed by atoms with van der Waals surface area (Å²) in [5.41, 5.74) is 0. The summed E-state index contributed by atoms with van der Waals surface area (Å²) in [4.78, 5) is 10.3. The fourth-order valence-electron chi connectivity index (χ4n) is 0.597. The van der Waals surface area contributed by atoms with Gasteiger partial charge in [0, 0.05) is 6.42 Å². The molecule has 0 heterocycles. The van der Waals surface area contributed by atoms with E-state index in [-0.39, 0.29) is 17.2 Å². The number of hydrogen-bond acceptors (Lipinski definition) is 2. The van der Waals surface area contributed by atoms with E-state index in [4.69, 9.17) is 16.7 Å². The van der Waals surface area contributed by atoms with Crippen molar-refractivity contribution in [2.75, 3.05) is 0 Å². The molecule has 0 aromatic rings. The van der Waals surface area contributed by atoms with E-state index in [0.29, 0.717) is 0 Å². The fourth-order valence-corrected chi connectivity index (χ4v) is 0.796. The molecule has 1 unspecified atom stereocenters. The first-order valence-electron chi connectivity index (χ1n) is 2.28. The van der Waals surface area contributed by atoms with Crippen molar-refractivity contribution >= 4 is 17.4 Å². The summed E-state index contributed by atoms with van der Waals surface area (Å²) in [6, 6.07) is 0. The molecular weight excluding hydrogens is 128 g/mol. The number of halogens is 1. The molecule has 2 nitrogen and oxygen atoms in total. The van der Waals surface area contributed by atoms with Gasteiger partial charge in [-0.2, -0.15) is 0 Å². The number of carbonyl (C=O) groups excluding carboxylic acids is 1. The Kier molecular flexibility index (Phi) is 1.36. The van der Waals surface area contributed by atoms with Crippen molar-refractivity contribution in [1.82, 2.24) is 0 Å². The molecule has 1 aliphatic carbocycles. The molecule has 1 aliphatic rings. The van der Waals surface area contributed by atoms with E-state index in [1.165, 1.54) is 6.08 Å². The number of rotatable bonds is 0. The zero-order valence-electron chi connectivity index (χ0n) is 4.10. The molecule has 0 saturated heterocycles. The molecule has 0 aromatic heterocycles. The first-order chi connectivity index (χ1) is 3.70. The molecule has 0 bridgehead atoms. The van der Waals surface area contributed by atoms with Gasteiger partial charge in [0.2, 0.25) is 0 Å². The van der Waals surface area contributed by atoms with Crippen molar-refractivity contribution in [3.8, 4) is 0 Å². The van der Waals surface area contributed by atoms with E-state index in [1.807, 2.05) is 0 Å². The van der Waals surface area contributed by atoms with Crippen LogP contribution >= 0.6 is 11.6 Å². The Morgan fingerprint density at radius 3 is 2.62 bits per heavy atom. The van der Waals surface area contributed by atoms with Gasteiger partial charge in [-0.1, -0.05) is 11.6 Å². The normalized spacial score (nSPS) is 28.5. The van der Waals surface area contributed by atoms with Crippen LogP contribution in [0.15, 0.2) is 11.1 Å². The van der Waals surface area contributed by atoms with E-state index in [2.05, 4.69) is 0 Å². The first-order valence-corrected chi connectivity index (χ1v) is 2.66. The monoisotopic (exact) mass is 132 g/mol. The lowest BCUT2D eigenvalue weighted by atomic mass is 10.3. The van der Waals surface area contributed by atoms with Gasteiger partial charge >= 0.3 is 0 Å². The van der Waals surface area contributed by atoms with Crippen molar-refractivity contribution in [1.29, 1.82) is 0 Å². The molecule has 0 spiro atoms. The highest BCUT2D eigenvalue weighted by atomic mass is 35.5. The quantitative estimate of drug-likeness (QED) is 0.520. The predicted octanol–water partition coefficient (Wildman–Crippen LogP) is 0.443. The summed E-state index contributed by atoms with van der Waals surface area (Å²) in [7, 11) is 0. The minimum atomic E-state index is -0.732.